The second-order valence-electron chi connectivity index (χ2n) is 6.67. The molecule has 0 aliphatic carbocycles. The van der Waals surface area contributed by atoms with Gasteiger partial charge in [0.25, 0.3) is 0 Å². The summed E-state index contributed by atoms with van der Waals surface area (Å²) in [5.41, 5.74) is 2.06. The number of carbonyl (C=O) groups is 3. The van der Waals surface area contributed by atoms with E-state index in [0.717, 1.165) is 20.8 Å². The number of nitrogens with zero attached hydrogens (tertiary/aromatic N) is 2. The van der Waals surface area contributed by atoms with Crippen LogP contribution in [0.25, 0.3) is 10.2 Å². The minimum absolute atomic E-state index is 0.0453. The molecule has 0 unspecified atom stereocenters. The molecule has 0 fully saturated rings. The summed E-state index contributed by atoms with van der Waals surface area (Å²) in [6.07, 6.45) is 0.606. The number of Topliss-reactive ketones (excluding diaryl/α,β-unsaturated/α-hetero) is 2. The molecule has 0 saturated heterocycles. The van der Waals surface area contributed by atoms with E-state index in [2.05, 4.69) is 11.1 Å². The Morgan fingerprint density at radius 1 is 1.20 bits per heavy atom. The number of rotatable bonds is 8. The number of hydrogen-bond donors (Lipinski definition) is 0. The van der Waals surface area contributed by atoms with Gasteiger partial charge in [0.1, 0.15) is 10.8 Å². The molecule has 0 N–H and O–H groups in total. The number of benzene rings is 1. The predicted octanol–water partition coefficient (Wildman–Crippen LogP) is 3.18. The molecule has 1 amide bonds. The van der Waals surface area contributed by atoms with E-state index in [-0.39, 0.29) is 49.2 Å². The number of likely N-dealkylation sites (N-methyl/N-ethyl adjacent to an activating group) is 1. The second kappa shape index (κ2) is 8.34. The van der Waals surface area contributed by atoms with Crippen molar-refractivity contribution in [1.82, 2.24) is 9.88 Å². The predicted molar refractivity (Wildman–Crippen MR) is 99.8 cm³/mol. The Labute approximate surface area is 152 Å². The van der Waals surface area contributed by atoms with Gasteiger partial charge >= 0.3 is 0 Å². The maximum absolute atomic E-state index is 12.2. The molecule has 2 aromatic rings. The van der Waals surface area contributed by atoms with Crippen molar-refractivity contribution >= 4 is 39.0 Å². The van der Waals surface area contributed by atoms with E-state index >= 15 is 0 Å². The van der Waals surface area contributed by atoms with Crippen molar-refractivity contribution in [2.45, 2.75) is 40.0 Å². The van der Waals surface area contributed by atoms with Crippen LogP contribution in [0.4, 0.5) is 0 Å². The number of amides is 1. The van der Waals surface area contributed by atoms with Gasteiger partial charge in [0.05, 0.1) is 23.2 Å². The molecule has 0 radical (unpaired) electrons. The Morgan fingerprint density at radius 3 is 2.60 bits per heavy atom. The molecule has 0 bridgehead atoms. The lowest BCUT2D eigenvalue weighted by molar-refractivity contribution is -0.135. The fourth-order valence-corrected chi connectivity index (χ4v) is 3.54. The molecule has 1 aromatic heterocycles. The van der Waals surface area contributed by atoms with Gasteiger partial charge < -0.3 is 4.90 Å². The molecule has 1 aromatic carbocycles. The fraction of sp³-hybridized carbons (Fsp3) is 0.474. The summed E-state index contributed by atoms with van der Waals surface area (Å²) < 4.78 is 1.07. The van der Waals surface area contributed by atoms with Gasteiger partial charge in [-0.05, 0) is 24.6 Å². The van der Waals surface area contributed by atoms with Gasteiger partial charge in [0.15, 0.2) is 5.78 Å². The van der Waals surface area contributed by atoms with E-state index in [4.69, 9.17) is 0 Å². The molecule has 2 rings (SSSR count). The quantitative estimate of drug-likeness (QED) is 0.725. The molecule has 1 heterocycles. The van der Waals surface area contributed by atoms with E-state index in [1.165, 1.54) is 16.2 Å². The van der Waals surface area contributed by atoms with Crippen molar-refractivity contribution < 1.29 is 14.4 Å². The van der Waals surface area contributed by atoms with Gasteiger partial charge in [0, 0.05) is 25.8 Å². The maximum atomic E-state index is 12.2. The van der Waals surface area contributed by atoms with Crippen molar-refractivity contribution in [3.63, 3.8) is 0 Å². The van der Waals surface area contributed by atoms with Crippen LogP contribution >= 0.6 is 11.3 Å². The zero-order valence-electron chi connectivity index (χ0n) is 15.2. The zero-order valence-corrected chi connectivity index (χ0v) is 16.0. The first kappa shape index (κ1) is 19.2. The number of carbonyl (C=O) groups excluding carboxylic acids is 3. The first-order valence-electron chi connectivity index (χ1n) is 8.40. The van der Waals surface area contributed by atoms with Gasteiger partial charge in [0.2, 0.25) is 5.91 Å². The summed E-state index contributed by atoms with van der Waals surface area (Å²) in [5, 5.41) is 0.765. The molecule has 0 aliphatic rings. The average molecular weight is 360 g/mol. The van der Waals surface area contributed by atoms with Crippen LogP contribution in [0.1, 0.15) is 37.3 Å². The minimum Gasteiger partial charge on any atom is -0.338 e. The van der Waals surface area contributed by atoms with Crippen molar-refractivity contribution in [2.24, 2.45) is 5.92 Å². The normalized spacial score (nSPS) is 11.1. The largest absolute Gasteiger partial charge is 0.338 e. The van der Waals surface area contributed by atoms with E-state index in [1.807, 2.05) is 32.9 Å². The van der Waals surface area contributed by atoms with Gasteiger partial charge in [-0.2, -0.15) is 0 Å². The van der Waals surface area contributed by atoms with Crippen LogP contribution in [0.5, 0.6) is 0 Å². The number of thiazole rings is 1. The van der Waals surface area contributed by atoms with E-state index in [9.17, 15) is 14.4 Å². The van der Waals surface area contributed by atoms with Crippen LogP contribution in [0.2, 0.25) is 0 Å². The highest BCUT2D eigenvalue weighted by molar-refractivity contribution is 7.18. The molecule has 5 nitrogen and oxygen atoms in total. The minimum atomic E-state index is -0.178. The average Bonchev–Trinajstić information content (AvgIpc) is 2.92. The van der Waals surface area contributed by atoms with Crippen LogP contribution in [-0.2, 0) is 20.8 Å². The first-order valence-corrected chi connectivity index (χ1v) is 9.22. The Morgan fingerprint density at radius 2 is 1.92 bits per heavy atom. The lowest BCUT2D eigenvalue weighted by atomic mass is 10.0. The molecule has 6 heteroatoms. The molecular weight excluding hydrogens is 336 g/mol. The van der Waals surface area contributed by atoms with Crippen molar-refractivity contribution in [1.29, 1.82) is 0 Å². The fourth-order valence-electron chi connectivity index (χ4n) is 2.44. The Balaban J connectivity index is 1.87. The Bertz CT molecular complexity index is 795. The number of aryl methyl sites for hydroxylation is 1. The lowest BCUT2D eigenvalue weighted by Crippen LogP contribution is -2.33. The molecule has 0 aliphatic heterocycles. The van der Waals surface area contributed by atoms with Crippen LogP contribution in [0.3, 0.4) is 0 Å². The summed E-state index contributed by atoms with van der Waals surface area (Å²) in [6.45, 7) is 5.71. The lowest BCUT2D eigenvalue weighted by Gasteiger charge is -2.16. The number of fused-ring (bicyclic) bond motifs is 1. The summed E-state index contributed by atoms with van der Waals surface area (Å²) in [6, 6.07) is 6.01. The molecule has 0 spiro atoms. The summed E-state index contributed by atoms with van der Waals surface area (Å²) >= 11 is 1.51. The van der Waals surface area contributed by atoms with Gasteiger partial charge in [-0.1, -0.05) is 19.9 Å². The highest BCUT2D eigenvalue weighted by atomic mass is 32.1. The van der Waals surface area contributed by atoms with Gasteiger partial charge in [-0.3, -0.25) is 14.4 Å². The number of hydrogen-bond acceptors (Lipinski definition) is 5. The van der Waals surface area contributed by atoms with Crippen LogP contribution < -0.4 is 0 Å². The van der Waals surface area contributed by atoms with Crippen LogP contribution in [0, 0.1) is 12.8 Å². The molecule has 134 valence electrons. The highest BCUT2D eigenvalue weighted by Gasteiger charge is 2.17. The van der Waals surface area contributed by atoms with Crippen molar-refractivity contribution in [3.8, 4) is 0 Å². The molecule has 25 heavy (non-hydrogen) atoms. The second-order valence-corrected chi connectivity index (χ2v) is 7.78. The summed E-state index contributed by atoms with van der Waals surface area (Å²) in [5.74, 6) is -0.232. The smallest absolute Gasteiger partial charge is 0.223 e. The maximum Gasteiger partial charge on any atom is 0.223 e. The van der Waals surface area contributed by atoms with E-state index in [0.29, 0.717) is 0 Å². The third-order valence-electron chi connectivity index (χ3n) is 4.01. The summed E-state index contributed by atoms with van der Waals surface area (Å²) in [4.78, 5) is 41.7. The molecule has 0 saturated carbocycles. The van der Waals surface area contributed by atoms with E-state index < -0.39 is 0 Å². The molecular formula is C19H24N2O3S. The standard InChI is InChI=1S/C19H24N2O3S/c1-12(2)16(23)7-8-19(24)21(4)11-14(22)10-18-20-15-6-5-13(3)9-17(15)25-18/h5-6,9,12H,7-8,10-11H2,1-4H3. The molecule has 0 atom stereocenters. The van der Waals surface area contributed by atoms with Gasteiger partial charge in [-0.15, -0.1) is 11.3 Å². The van der Waals surface area contributed by atoms with Crippen LogP contribution in [0.15, 0.2) is 18.2 Å². The highest BCUT2D eigenvalue weighted by Crippen LogP contribution is 2.23. The van der Waals surface area contributed by atoms with Crippen molar-refractivity contribution in [3.05, 3.63) is 28.8 Å². The monoisotopic (exact) mass is 360 g/mol. The topological polar surface area (TPSA) is 67.3 Å². The number of aromatic nitrogens is 1. The van der Waals surface area contributed by atoms with Gasteiger partial charge in [-0.25, -0.2) is 4.98 Å². The Kier molecular flexibility index (Phi) is 6.42. The summed E-state index contributed by atoms with van der Waals surface area (Å²) in [7, 11) is 1.60. The SMILES string of the molecule is Cc1ccc2nc(CC(=O)CN(C)C(=O)CCC(=O)C(C)C)sc2c1. The van der Waals surface area contributed by atoms with E-state index in [1.54, 1.807) is 7.05 Å². The third kappa shape index (κ3) is 5.46. The number of ketones is 2. The first-order chi connectivity index (χ1) is 11.8. The Hall–Kier alpha value is -2.08. The van der Waals surface area contributed by atoms with Crippen LogP contribution in [-0.4, -0.2) is 40.9 Å². The van der Waals surface area contributed by atoms with Crippen molar-refractivity contribution in [2.75, 3.05) is 13.6 Å². The third-order valence-corrected chi connectivity index (χ3v) is 5.02. The zero-order chi connectivity index (χ0) is 18.6.